The van der Waals surface area contributed by atoms with Crippen LogP contribution in [0.5, 0.6) is 0 Å². The Bertz CT molecular complexity index is 808. The van der Waals surface area contributed by atoms with Gasteiger partial charge in [-0.05, 0) is 45.9 Å². The molecule has 0 saturated heterocycles. The van der Waals surface area contributed by atoms with E-state index in [1.54, 1.807) is 0 Å². The predicted molar refractivity (Wildman–Crippen MR) is 84.6 cm³/mol. The summed E-state index contributed by atoms with van der Waals surface area (Å²) in [6.45, 7) is 1.94. The summed E-state index contributed by atoms with van der Waals surface area (Å²) < 4.78 is 6.54. The SMILES string of the molecule is Cc1cccc(-c2oc(-c3cccs3)nc2C(=O)O)c1Br. The van der Waals surface area contributed by atoms with Gasteiger partial charge in [0.05, 0.1) is 4.88 Å². The fourth-order valence-corrected chi connectivity index (χ4v) is 3.07. The molecule has 6 heteroatoms. The van der Waals surface area contributed by atoms with Crippen molar-refractivity contribution in [3.8, 4) is 22.1 Å². The van der Waals surface area contributed by atoms with Crippen molar-refractivity contribution < 1.29 is 14.3 Å². The summed E-state index contributed by atoms with van der Waals surface area (Å²) in [6.07, 6.45) is 0. The zero-order valence-electron chi connectivity index (χ0n) is 11.0. The number of carboxylic acid groups (broad SMARTS) is 1. The predicted octanol–water partition coefficient (Wildman–Crippen LogP) is 4.84. The van der Waals surface area contributed by atoms with Crippen LogP contribution < -0.4 is 0 Å². The first-order valence-electron chi connectivity index (χ1n) is 6.11. The van der Waals surface area contributed by atoms with Gasteiger partial charge in [-0.2, -0.15) is 0 Å². The molecule has 0 aliphatic carbocycles. The van der Waals surface area contributed by atoms with Gasteiger partial charge in [-0.25, -0.2) is 9.78 Å². The van der Waals surface area contributed by atoms with E-state index in [2.05, 4.69) is 20.9 Å². The number of aromatic carboxylic acids is 1. The molecule has 0 aliphatic rings. The average Bonchev–Trinajstić information content (AvgIpc) is 3.09. The van der Waals surface area contributed by atoms with Gasteiger partial charge in [-0.15, -0.1) is 11.3 Å². The zero-order valence-corrected chi connectivity index (χ0v) is 13.4. The number of hydrogen-bond acceptors (Lipinski definition) is 4. The van der Waals surface area contributed by atoms with Crippen molar-refractivity contribution in [2.24, 2.45) is 0 Å². The van der Waals surface area contributed by atoms with Gasteiger partial charge in [-0.1, -0.05) is 18.2 Å². The summed E-state index contributed by atoms with van der Waals surface area (Å²) in [7, 11) is 0. The fourth-order valence-electron chi connectivity index (χ4n) is 1.98. The molecule has 0 saturated carbocycles. The van der Waals surface area contributed by atoms with Crippen LogP contribution in [-0.2, 0) is 0 Å². The van der Waals surface area contributed by atoms with Gasteiger partial charge in [0.15, 0.2) is 11.5 Å². The van der Waals surface area contributed by atoms with E-state index in [1.165, 1.54) is 11.3 Å². The van der Waals surface area contributed by atoms with Crippen molar-refractivity contribution in [3.05, 3.63) is 51.4 Å². The van der Waals surface area contributed by atoms with Crippen LogP contribution in [0.25, 0.3) is 22.1 Å². The van der Waals surface area contributed by atoms with Gasteiger partial charge >= 0.3 is 5.97 Å². The summed E-state index contributed by atoms with van der Waals surface area (Å²) in [4.78, 5) is 16.4. The molecule has 1 N–H and O–H groups in total. The Balaban J connectivity index is 2.22. The molecule has 0 amide bonds. The molecular weight excluding hydrogens is 354 g/mol. The molecule has 3 rings (SSSR count). The molecule has 2 heterocycles. The standard InChI is InChI=1S/C15H10BrNO3S/c1-8-4-2-5-9(11(8)16)13-12(15(18)19)17-14(20-13)10-6-3-7-21-10/h2-7H,1H3,(H,18,19). The minimum atomic E-state index is -1.11. The number of thiophene rings is 1. The van der Waals surface area contributed by atoms with E-state index in [0.717, 1.165) is 14.9 Å². The monoisotopic (exact) mass is 363 g/mol. The number of carboxylic acids is 1. The first kappa shape index (κ1) is 14.0. The molecule has 2 aromatic heterocycles. The molecule has 0 aliphatic heterocycles. The second kappa shape index (κ2) is 5.46. The lowest BCUT2D eigenvalue weighted by Crippen LogP contribution is -1.99. The van der Waals surface area contributed by atoms with Crippen molar-refractivity contribution >= 4 is 33.2 Å². The average molecular weight is 364 g/mol. The number of benzene rings is 1. The van der Waals surface area contributed by atoms with Gasteiger partial charge in [-0.3, -0.25) is 0 Å². The molecular formula is C15H10BrNO3S. The Kier molecular flexibility index (Phi) is 3.65. The van der Waals surface area contributed by atoms with Gasteiger partial charge in [0.25, 0.3) is 0 Å². The number of hydrogen-bond donors (Lipinski definition) is 1. The smallest absolute Gasteiger partial charge is 0.358 e. The lowest BCUT2D eigenvalue weighted by molar-refractivity contribution is 0.0691. The van der Waals surface area contributed by atoms with E-state index in [-0.39, 0.29) is 11.5 Å². The highest BCUT2D eigenvalue weighted by Crippen LogP contribution is 2.36. The number of halogens is 1. The van der Waals surface area contributed by atoms with E-state index in [0.29, 0.717) is 11.5 Å². The van der Waals surface area contributed by atoms with E-state index in [9.17, 15) is 9.90 Å². The molecule has 4 nitrogen and oxygen atoms in total. The van der Waals surface area contributed by atoms with Gasteiger partial charge in [0.1, 0.15) is 0 Å². The number of aromatic nitrogens is 1. The number of rotatable bonds is 3. The zero-order chi connectivity index (χ0) is 15.0. The first-order valence-corrected chi connectivity index (χ1v) is 7.78. The third-order valence-corrected chi connectivity index (χ3v) is 4.91. The molecule has 106 valence electrons. The van der Waals surface area contributed by atoms with Crippen molar-refractivity contribution in [1.82, 2.24) is 4.98 Å². The molecule has 0 spiro atoms. The summed E-state index contributed by atoms with van der Waals surface area (Å²) >= 11 is 4.93. The van der Waals surface area contributed by atoms with Crippen molar-refractivity contribution in [2.75, 3.05) is 0 Å². The van der Waals surface area contributed by atoms with Crippen LogP contribution in [0.1, 0.15) is 16.1 Å². The molecule has 0 bridgehead atoms. The van der Waals surface area contributed by atoms with E-state index < -0.39 is 5.97 Å². The maximum atomic E-state index is 11.4. The second-order valence-corrected chi connectivity index (χ2v) is 6.16. The Labute approximate surface area is 133 Å². The van der Waals surface area contributed by atoms with E-state index in [1.807, 2.05) is 42.6 Å². The van der Waals surface area contributed by atoms with Crippen LogP contribution in [0.15, 0.2) is 44.6 Å². The third kappa shape index (κ3) is 2.52. The van der Waals surface area contributed by atoms with Gasteiger partial charge in [0.2, 0.25) is 5.89 Å². The van der Waals surface area contributed by atoms with Crippen LogP contribution in [0.2, 0.25) is 0 Å². The first-order chi connectivity index (χ1) is 10.1. The molecule has 3 aromatic rings. The fraction of sp³-hybridized carbons (Fsp3) is 0.0667. The van der Waals surface area contributed by atoms with Crippen LogP contribution in [0.4, 0.5) is 0 Å². The van der Waals surface area contributed by atoms with Crippen LogP contribution in [-0.4, -0.2) is 16.1 Å². The summed E-state index contributed by atoms with van der Waals surface area (Å²) in [5.41, 5.74) is 1.60. The van der Waals surface area contributed by atoms with Crippen LogP contribution in [0, 0.1) is 6.92 Å². The van der Waals surface area contributed by atoms with Crippen molar-refractivity contribution in [1.29, 1.82) is 0 Å². The molecule has 0 atom stereocenters. The quantitative estimate of drug-likeness (QED) is 0.722. The summed E-state index contributed by atoms with van der Waals surface area (Å²) in [5, 5.41) is 11.3. The van der Waals surface area contributed by atoms with Crippen LogP contribution in [0.3, 0.4) is 0 Å². The second-order valence-electron chi connectivity index (χ2n) is 4.42. The Morgan fingerprint density at radius 3 is 2.81 bits per heavy atom. The number of carbonyl (C=O) groups is 1. The van der Waals surface area contributed by atoms with E-state index >= 15 is 0 Å². The van der Waals surface area contributed by atoms with Gasteiger partial charge < -0.3 is 9.52 Å². The number of aryl methyl sites for hydroxylation is 1. The topological polar surface area (TPSA) is 63.3 Å². The normalized spacial score (nSPS) is 10.8. The highest BCUT2D eigenvalue weighted by atomic mass is 79.9. The lowest BCUT2D eigenvalue weighted by atomic mass is 10.1. The molecule has 21 heavy (non-hydrogen) atoms. The Morgan fingerprint density at radius 2 is 2.14 bits per heavy atom. The minimum Gasteiger partial charge on any atom is -0.476 e. The minimum absolute atomic E-state index is 0.0790. The van der Waals surface area contributed by atoms with Crippen LogP contribution >= 0.6 is 27.3 Å². The largest absolute Gasteiger partial charge is 0.476 e. The lowest BCUT2D eigenvalue weighted by Gasteiger charge is -2.04. The Morgan fingerprint density at radius 1 is 1.33 bits per heavy atom. The van der Waals surface area contributed by atoms with Crippen molar-refractivity contribution in [2.45, 2.75) is 6.92 Å². The Hall–Kier alpha value is -1.92. The molecule has 0 fully saturated rings. The van der Waals surface area contributed by atoms with Crippen molar-refractivity contribution in [3.63, 3.8) is 0 Å². The summed E-state index contributed by atoms with van der Waals surface area (Å²) in [5.74, 6) is -0.516. The number of oxazole rings is 1. The molecule has 1 aromatic carbocycles. The molecule has 0 unspecified atom stereocenters. The number of nitrogens with zero attached hydrogens (tertiary/aromatic N) is 1. The molecule has 0 radical (unpaired) electrons. The van der Waals surface area contributed by atoms with Gasteiger partial charge in [0, 0.05) is 10.0 Å². The van der Waals surface area contributed by atoms with E-state index in [4.69, 9.17) is 4.42 Å². The highest BCUT2D eigenvalue weighted by Gasteiger charge is 2.23. The maximum absolute atomic E-state index is 11.4. The highest BCUT2D eigenvalue weighted by molar-refractivity contribution is 9.10. The third-order valence-electron chi connectivity index (χ3n) is 3.00. The summed E-state index contributed by atoms with van der Waals surface area (Å²) in [6, 6.07) is 9.31. The maximum Gasteiger partial charge on any atom is 0.358 e.